The largest absolute Gasteiger partial charge is 0.481 e. The van der Waals surface area contributed by atoms with Crippen LogP contribution in [-0.2, 0) is 12.4 Å². The van der Waals surface area contributed by atoms with Gasteiger partial charge in [0.1, 0.15) is 0 Å². The molecule has 0 fully saturated rings. The standard InChI is InChI=1S/C16H13FN2O2S/c17-13-8-4-5-9-14(13)20-10-15-18-19-16(21-15)22-11-12-6-2-1-3-7-12/h1-9H,10-11H2. The first kappa shape index (κ1) is 14.6. The summed E-state index contributed by atoms with van der Waals surface area (Å²) in [6, 6.07) is 16.2. The lowest BCUT2D eigenvalue weighted by molar-refractivity contribution is 0.242. The van der Waals surface area contributed by atoms with Gasteiger partial charge in [-0.25, -0.2) is 4.39 Å². The highest BCUT2D eigenvalue weighted by molar-refractivity contribution is 7.98. The molecule has 112 valence electrons. The van der Waals surface area contributed by atoms with Gasteiger partial charge < -0.3 is 9.15 Å². The molecule has 0 bridgehead atoms. The van der Waals surface area contributed by atoms with Gasteiger partial charge in [-0.05, 0) is 17.7 Å². The van der Waals surface area contributed by atoms with Crippen LogP contribution in [0.5, 0.6) is 5.75 Å². The average molecular weight is 316 g/mol. The normalized spacial score (nSPS) is 10.6. The fourth-order valence-electron chi connectivity index (χ4n) is 1.78. The molecular formula is C16H13FN2O2S. The molecule has 0 saturated heterocycles. The van der Waals surface area contributed by atoms with E-state index in [0.29, 0.717) is 11.1 Å². The van der Waals surface area contributed by atoms with Gasteiger partial charge in [-0.1, -0.05) is 54.2 Å². The first-order valence-electron chi connectivity index (χ1n) is 6.68. The summed E-state index contributed by atoms with van der Waals surface area (Å²) >= 11 is 1.45. The molecule has 2 aromatic carbocycles. The minimum Gasteiger partial charge on any atom is -0.481 e. The summed E-state index contributed by atoms with van der Waals surface area (Å²) < 4.78 is 24.2. The number of aromatic nitrogens is 2. The fourth-order valence-corrected chi connectivity index (χ4v) is 2.51. The monoisotopic (exact) mass is 316 g/mol. The maximum atomic E-state index is 13.4. The highest BCUT2D eigenvalue weighted by Crippen LogP contribution is 2.22. The predicted molar refractivity (Wildman–Crippen MR) is 81.0 cm³/mol. The molecule has 3 aromatic rings. The maximum absolute atomic E-state index is 13.4. The fraction of sp³-hybridized carbons (Fsp3) is 0.125. The van der Waals surface area contributed by atoms with E-state index in [4.69, 9.17) is 9.15 Å². The number of hydrogen-bond acceptors (Lipinski definition) is 5. The Morgan fingerprint density at radius 3 is 2.59 bits per heavy atom. The lowest BCUT2D eigenvalue weighted by atomic mass is 10.2. The van der Waals surface area contributed by atoms with Gasteiger partial charge in [0.2, 0.25) is 0 Å². The van der Waals surface area contributed by atoms with E-state index in [-0.39, 0.29) is 12.4 Å². The average Bonchev–Trinajstić information content (AvgIpc) is 3.01. The summed E-state index contributed by atoms with van der Waals surface area (Å²) in [7, 11) is 0. The molecule has 22 heavy (non-hydrogen) atoms. The molecule has 0 N–H and O–H groups in total. The van der Waals surface area contributed by atoms with Crippen LogP contribution in [0.4, 0.5) is 4.39 Å². The molecule has 0 radical (unpaired) electrons. The van der Waals surface area contributed by atoms with Crippen molar-refractivity contribution in [3.05, 3.63) is 71.9 Å². The number of hydrogen-bond donors (Lipinski definition) is 0. The molecular weight excluding hydrogens is 303 g/mol. The molecule has 1 heterocycles. The van der Waals surface area contributed by atoms with Crippen molar-refractivity contribution in [3.8, 4) is 5.75 Å². The van der Waals surface area contributed by atoms with Crippen LogP contribution in [0.25, 0.3) is 0 Å². The van der Waals surface area contributed by atoms with E-state index in [1.807, 2.05) is 30.3 Å². The number of thioether (sulfide) groups is 1. The van der Waals surface area contributed by atoms with E-state index < -0.39 is 5.82 Å². The molecule has 6 heteroatoms. The Balaban J connectivity index is 1.54. The summed E-state index contributed by atoms with van der Waals surface area (Å²) in [4.78, 5) is 0. The van der Waals surface area contributed by atoms with Crippen molar-refractivity contribution < 1.29 is 13.5 Å². The first-order chi connectivity index (χ1) is 10.8. The van der Waals surface area contributed by atoms with Crippen LogP contribution in [-0.4, -0.2) is 10.2 Å². The molecule has 4 nitrogen and oxygen atoms in total. The van der Waals surface area contributed by atoms with Crippen molar-refractivity contribution in [1.82, 2.24) is 10.2 Å². The van der Waals surface area contributed by atoms with Crippen LogP contribution in [0, 0.1) is 5.82 Å². The summed E-state index contributed by atoms with van der Waals surface area (Å²) in [6.45, 7) is 0.0415. The van der Waals surface area contributed by atoms with Crippen molar-refractivity contribution in [1.29, 1.82) is 0 Å². The van der Waals surface area contributed by atoms with Crippen LogP contribution >= 0.6 is 11.8 Å². The van der Waals surface area contributed by atoms with Crippen molar-refractivity contribution in [2.24, 2.45) is 0 Å². The Labute approximate surface area is 131 Å². The van der Waals surface area contributed by atoms with Gasteiger partial charge in [0.15, 0.2) is 18.2 Å². The van der Waals surface area contributed by atoms with Crippen molar-refractivity contribution in [2.75, 3.05) is 0 Å². The molecule has 3 rings (SSSR count). The maximum Gasteiger partial charge on any atom is 0.277 e. The lowest BCUT2D eigenvalue weighted by Gasteiger charge is -2.03. The highest BCUT2D eigenvalue weighted by atomic mass is 32.2. The number of ether oxygens (including phenoxy) is 1. The Bertz CT molecular complexity index is 734. The van der Waals surface area contributed by atoms with Gasteiger partial charge in [-0.2, -0.15) is 0 Å². The topological polar surface area (TPSA) is 48.2 Å². The molecule has 0 atom stereocenters. The number of nitrogens with zero attached hydrogens (tertiary/aromatic N) is 2. The molecule has 1 aromatic heterocycles. The molecule has 0 amide bonds. The van der Waals surface area contributed by atoms with Crippen LogP contribution in [0.15, 0.2) is 64.2 Å². The Hall–Kier alpha value is -2.34. The van der Waals surface area contributed by atoms with E-state index >= 15 is 0 Å². The van der Waals surface area contributed by atoms with Gasteiger partial charge in [0.05, 0.1) is 0 Å². The Kier molecular flexibility index (Phi) is 4.70. The zero-order valence-electron chi connectivity index (χ0n) is 11.6. The second-order valence-corrected chi connectivity index (χ2v) is 5.38. The van der Waals surface area contributed by atoms with Crippen LogP contribution in [0.1, 0.15) is 11.5 Å². The number of benzene rings is 2. The van der Waals surface area contributed by atoms with Crippen LogP contribution < -0.4 is 4.74 Å². The van der Waals surface area contributed by atoms with Gasteiger partial charge in [-0.15, -0.1) is 10.2 Å². The number of halogens is 1. The number of para-hydroxylation sites is 1. The van der Waals surface area contributed by atoms with Crippen LogP contribution in [0.3, 0.4) is 0 Å². The molecule has 0 aliphatic carbocycles. The third-order valence-electron chi connectivity index (χ3n) is 2.84. The summed E-state index contributed by atoms with van der Waals surface area (Å²) in [5.41, 5.74) is 1.18. The first-order valence-corrected chi connectivity index (χ1v) is 7.66. The predicted octanol–water partition coefficient (Wildman–Crippen LogP) is 4.08. The summed E-state index contributed by atoms with van der Waals surface area (Å²) in [5, 5.41) is 8.30. The second-order valence-electron chi connectivity index (χ2n) is 4.46. The molecule has 0 unspecified atom stereocenters. The van der Waals surface area contributed by atoms with E-state index in [1.54, 1.807) is 18.2 Å². The minimum atomic E-state index is -0.416. The van der Waals surface area contributed by atoms with Gasteiger partial charge in [0, 0.05) is 5.75 Å². The van der Waals surface area contributed by atoms with Gasteiger partial charge >= 0.3 is 0 Å². The Morgan fingerprint density at radius 2 is 1.77 bits per heavy atom. The Morgan fingerprint density at radius 1 is 1.00 bits per heavy atom. The van der Waals surface area contributed by atoms with Crippen molar-refractivity contribution in [3.63, 3.8) is 0 Å². The van der Waals surface area contributed by atoms with E-state index in [9.17, 15) is 4.39 Å². The zero-order valence-corrected chi connectivity index (χ0v) is 12.4. The molecule has 0 aliphatic rings. The van der Waals surface area contributed by atoms with E-state index in [2.05, 4.69) is 10.2 Å². The third-order valence-corrected chi connectivity index (χ3v) is 3.73. The summed E-state index contributed by atoms with van der Waals surface area (Å²) in [6.07, 6.45) is 0. The van der Waals surface area contributed by atoms with Gasteiger partial charge in [-0.3, -0.25) is 0 Å². The highest BCUT2D eigenvalue weighted by Gasteiger charge is 2.09. The van der Waals surface area contributed by atoms with Gasteiger partial charge in [0.25, 0.3) is 11.1 Å². The smallest absolute Gasteiger partial charge is 0.277 e. The lowest BCUT2D eigenvalue weighted by Crippen LogP contribution is -1.97. The van der Waals surface area contributed by atoms with Crippen molar-refractivity contribution in [2.45, 2.75) is 17.6 Å². The zero-order chi connectivity index (χ0) is 15.2. The SMILES string of the molecule is Fc1ccccc1OCc1nnc(SCc2ccccc2)o1. The molecule has 0 aliphatic heterocycles. The quantitative estimate of drug-likeness (QED) is 0.641. The van der Waals surface area contributed by atoms with Crippen LogP contribution in [0.2, 0.25) is 0 Å². The minimum absolute atomic E-state index is 0.0415. The van der Waals surface area contributed by atoms with E-state index in [0.717, 1.165) is 5.75 Å². The second kappa shape index (κ2) is 7.09. The molecule has 0 spiro atoms. The molecule has 0 saturated carbocycles. The van der Waals surface area contributed by atoms with Crippen molar-refractivity contribution >= 4 is 11.8 Å². The third kappa shape index (κ3) is 3.85. The number of rotatable bonds is 6. The summed E-state index contributed by atoms with van der Waals surface area (Å²) in [5.74, 6) is 0.815. The van der Waals surface area contributed by atoms with E-state index in [1.165, 1.54) is 23.4 Å².